The van der Waals surface area contributed by atoms with E-state index in [-0.39, 0.29) is 11.9 Å². The van der Waals surface area contributed by atoms with Gasteiger partial charge in [0, 0.05) is 10.0 Å². The van der Waals surface area contributed by atoms with Crippen LogP contribution in [0, 0.1) is 5.82 Å². The van der Waals surface area contributed by atoms with Crippen LogP contribution in [0.5, 0.6) is 0 Å². The molecular weight excluding hydrogens is 325 g/mol. The van der Waals surface area contributed by atoms with Crippen molar-refractivity contribution in [2.75, 3.05) is 6.54 Å². The Bertz CT molecular complexity index is 594. The van der Waals surface area contributed by atoms with Crippen LogP contribution in [0.4, 0.5) is 4.39 Å². The van der Waals surface area contributed by atoms with Crippen molar-refractivity contribution >= 4 is 15.9 Å². The fourth-order valence-electron chi connectivity index (χ4n) is 2.40. The number of nitrogens with one attached hydrogen (secondary N) is 1. The van der Waals surface area contributed by atoms with Crippen LogP contribution in [-0.4, -0.2) is 16.7 Å². The number of hydrogen-bond acceptors (Lipinski definition) is 4. The Labute approximate surface area is 124 Å². The van der Waals surface area contributed by atoms with Gasteiger partial charge in [-0.05, 0) is 53.5 Å². The van der Waals surface area contributed by atoms with Gasteiger partial charge in [0.05, 0.1) is 6.04 Å². The van der Waals surface area contributed by atoms with Gasteiger partial charge in [-0.1, -0.05) is 18.0 Å². The number of nitrogens with zero attached hydrogens (tertiary/aromatic N) is 2. The van der Waals surface area contributed by atoms with E-state index in [1.165, 1.54) is 25.0 Å². The summed E-state index contributed by atoms with van der Waals surface area (Å²) < 4.78 is 19.1. The van der Waals surface area contributed by atoms with Crippen LogP contribution in [0.2, 0.25) is 0 Å². The van der Waals surface area contributed by atoms with E-state index in [0.29, 0.717) is 16.2 Å². The summed E-state index contributed by atoms with van der Waals surface area (Å²) in [5.74, 6) is 0.797. The predicted molar refractivity (Wildman–Crippen MR) is 76.6 cm³/mol. The molecular formula is C14H15BrFN3O. The maximum atomic E-state index is 13.1. The summed E-state index contributed by atoms with van der Waals surface area (Å²) in [7, 11) is 0. The SMILES string of the molecule is Fc1ccc(-c2noc(C3CCCCCN3)n2)c(Br)c1. The highest BCUT2D eigenvalue weighted by atomic mass is 79.9. The molecule has 1 aliphatic rings. The van der Waals surface area contributed by atoms with E-state index < -0.39 is 0 Å². The van der Waals surface area contributed by atoms with Crippen molar-refractivity contribution in [3.8, 4) is 11.4 Å². The van der Waals surface area contributed by atoms with Crippen molar-refractivity contribution in [3.05, 3.63) is 34.4 Å². The lowest BCUT2D eigenvalue weighted by atomic mass is 10.1. The highest BCUT2D eigenvalue weighted by Crippen LogP contribution is 2.29. The first-order valence-electron chi connectivity index (χ1n) is 6.76. The molecule has 1 unspecified atom stereocenters. The zero-order valence-corrected chi connectivity index (χ0v) is 12.5. The molecule has 1 N–H and O–H groups in total. The largest absolute Gasteiger partial charge is 0.337 e. The predicted octanol–water partition coefficient (Wildman–Crippen LogP) is 3.84. The van der Waals surface area contributed by atoms with Crippen LogP contribution < -0.4 is 5.32 Å². The molecule has 4 nitrogen and oxygen atoms in total. The van der Waals surface area contributed by atoms with Crippen LogP contribution in [0.3, 0.4) is 0 Å². The Morgan fingerprint density at radius 1 is 1.30 bits per heavy atom. The summed E-state index contributed by atoms with van der Waals surface area (Å²) in [6, 6.07) is 4.56. The van der Waals surface area contributed by atoms with Gasteiger partial charge < -0.3 is 9.84 Å². The van der Waals surface area contributed by atoms with Gasteiger partial charge in [-0.3, -0.25) is 0 Å². The molecule has 1 fully saturated rings. The number of hydrogen-bond donors (Lipinski definition) is 1. The zero-order valence-electron chi connectivity index (χ0n) is 10.9. The first kappa shape index (κ1) is 13.7. The standard InChI is InChI=1S/C14H15BrFN3O/c15-11-8-9(16)5-6-10(11)13-18-14(20-19-13)12-4-2-1-3-7-17-12/h5-6,8,12,17H,1-4,7H2. The van der Waals surface area contributed by atoms with Crippen molar-refractivity contribution < 1.29 is 8.91 Å². The highest BCUT2D eigenvalue weighted by molar-refractivity contribution is 9.10. The third-order valence-electron chi connectivity index (χ3n) is 3.47. The Kier molecular flexibility index (Phi) is 4.12. The summed E-state index contributed by atoms with van der Waals surface area (Å²) in [5, 5.41) is 7.42. The molecule has 0 saturated carbocycles. The monoisotopic (exact) mass is 339 g/mol. The van der Waals surface area contributed by atoms with Crippen LogP contribution >= 0.6 is 15.9 Å². The minimum absolute atomic E-state index is 0.123. The number of benzene rings is 1. The minimum Gasteiger partial charge on any atom is -0.337 e. The molecule has 1 aromatic heterocycles. The van der Waals surface area contributed by atoms with Gasteiger partial charge in [0.1, 0.15) is 5.82 Å². The van der Waals surface area contributed by atoms with Crippen LogP contribution in [0.25, 0.3) is 11.4 Å². The number of rotatable bonds is 2. The van der Waals surface area contributed by atoms with E-state index >= 15 is 0 Å². The number of aromatic nitrogens is 2. The van der Waals surface area contributed by atoms with Gasteiger partial charge in [0.25, 0.3) is 0 Å². The topological polar surface area (TPSA) is 51.0 Å². The third kappa shape index (κ3) is 2.91. The average molecular weight is 340 g/mol. The lowest BCUT2D eigenvalue weighted by Gasteiger charge is -2.09. The first-order valence-corrected chi connectivity index (χ1v) is 7.56. The Morgan fingerprint density at radius 3 is 3.05 bits per heavy atom. The fraction of sp³-hybridized carbons (Fsp3) is 0.429. The summed E-state index contributed by atoms with van der Waals surface area (Å²) in [4.78, 5) is 4.44. The molecule has 0 bridgehead atoms. The second-order valence-electron chi connectivity index (χ2n) is 4.94. The van der Waals surface area contributed by atoms with Gasteiger partial charge in [0.15, 0.2) is 0 Å². The van der Waals surface area contributed by atoms with E-state index in [2.05, 4.69) is 31.4 Å². The molecule has 0 radical (unpaired) electrons. The van der Waals surface area contributed by atoms with E-state index in [4.69, 9.17) is 4.52 Å². The summed E-state index contributed by atoms with van der Waals surface area (Å²) in [6.07, 6.45) is 4.58. The van der Waals surface area contributed by atoms with Gasteiger partial charge in [-0.2, -0.15) is 4.98 Å². The van der Waals surface area contributed by atoms with Gasteiger partial charge in [0.2, 0.25) is 11.7 Å². The molecule has 0 spiro atoms. The van der Waals surface area contributed by atoms with Gasteiger partial charge in [-0.25, -0.2) is 4.39 Å². The highest BCUT2D eigenvalue weighted by Gasteiger charge is 2.21. The van der Waals surface area contributed by atoms with Crippen molar-refractivity contribution in [2.24, 2.45) is 0 Å². The summed E-state index contributed by atoms with van der Waals surface area (Å²) in [5.41, 5.74) is 0.732. The normalized spacial score (nSPS) is 19.8. The molecule has 1 aromatic carbocycles. The molecule has 1 aliphatic heterocycles. The fourth-order valence-corrected chi connectivity index (χ4v) is 2.92. The minimum atomic E-state index is -0.297. The Hall–Kier alpha value is -1.27. The van der Waals surface area contributed by atoms with Gasteiger partial charge >= 0.3 is 0 Å². The maximum Gasteiger partial charge on any atom is 0.244 e. The smallest absolute Gasteiger partial charge is 0.244 e. The molecule has 1 atom stereocenters. The summed E-state index contributed by atoms with van der Waals surface area (Å²) in [6.45, 7) is 0.975. The van der Waals surface area contributed by atoms with Crippen LogP contribution in [0.1, 0.15) is 37.6 Å². The second-order valence-corrected chi connectivity index (χ2v) is 5.79. The Morgan fingerprint density at radius 2 is 2.20 bits per heavy atom. The van der Waals surface area contributed by atoms with Crippen molar-refractivity contribution in [3.63, 3.8) is 0 Å². The molecule has 2 heterocycles. The quantitative estimate of drug-likeness (QED) is 0.902. The molecule has 3 rings (SSSR count). The molecule has 6 heteroatoms. The second kappa shape index (κ2) is 6.01. The van der Waals surface area contributed by atoms with Crippen molar-refractivity contribution in [1.82, 2.24) is 15.5 Å². The Balaban J connectivity index is 1.85. The molecule has 1 saturated heterocycles. The average Bonchev–Trinajstić information content (AvgIpc) is 2.74. The number of halogens is 2. The zero-order chi connectivity index (χ0) is 13.9. The van der Waals surface area contributed by atoms with Gasteiger partial charge in [-0.15, -0.1) is 0 Å². The lowest BCUT2D eigenvalue weighted by Crippen LogP contribution is -2.20. The molecule has 106 valence electrons. The van der Waals surface area contributed by atoms with E-state index in [1.54, 1.807) is 6.07 Å². The molecule has 0 amide bonds. The molecule has 2 aromatic rings. The third-order valence-corrected chi connectivity index (χ3v) is 4.13. The first-order chi connectivity index (χ1) is 9.74. The van der Waals surface area contributed by atoms with E-state index in [9.17, 15) is 4.39 Å². The van der Waals surface area contributed by atoms with Crippen molar-refractivity contribution in [2.45, 2.75) is 31.7 Å². The lowest BCUT2D eigenvalue weighted by molar-refractivity contribution is 0.327. The molecule has 20 heavy (non-hydrogen) atoms. The van der Waals surface area contributed by atoms with E-state index in [1.807, 2.05) is 0 Å². The van der Waals surface area contributed by atoms with E-state index in [0.717, 1.165) is 24.9 Å². The molecule has 0 aliphatic carbocycles. The summed E-state index contributed by atoms with van der Waals surface area (Å²) >= 11 is 3.32. The van der Waals surface area contributed by atoms with Crippen molar-refractivity contribution in [1.29, 1.82) is 0 Å². The maximum absolute atomic E-state index is 13.1. The van der Waals surface area contributed by atoms with Crippen LogP contribution in [0.15, 0.2) is 27.2 Å². The van der Waals surface area contributed by atoms with Crippen LogP contribution in [-0.2, 0) is 0 Å².